The molecule has 0 saturated carbocycles. The van der Waals surface area contributed by atoms with E-state index in [2.05, 4.69) is 12.1 Å². The molecule has 0 bridgehead atoms. The van der Waals surface area contributed by atoms with Gasteiger partial charge in [-0.1, -0.05) is 29.8 Å². The van der Waals surface area contributed by atoms with Crippen LogP contribution in [0.2, 0.25) is 5.02 Å². The summed E-state index contributed by atoms with van der Waals surface area (Å²) in [6, 6.07) is 12.2. The van der Waals surface area contributed by atoms with Gasteiger partial charge in [0.15, 0.2) is 0 Å². The van der Waals surface area contributed by atoms with E-state index in [0.717, 1.165) is 10.8 Å². The highest BCUT2D eigenvalue weighted by Crippen LogP contribution is 2.34. The molecule has 5 heteroatoms. The molecule has 0 unspecified atom stereocenters. The average molecular weight is 346 g/mol. The van der Waals surface area contributed by atoms with E-state index in [1.54, 1.807) is 32.7 Å². The topological polar surface area (TPSA) is 29.5 Å². The Kier molecular flexibility index (Phi) is 4.22. The predicted octanol–water partition coefficient (Wildman–Crippen LogP) is 4.52. The first kappa shape index (κ1) is 16.8. The fourth-order valence-corrected chi connectivity index (χ4v) is 3.61. The molecule has 1 heterocycles. The van der Waals surface area contributed by atoms with E-state index in [4.69, 9.17) is 16.3 Å². The van der Waals surface area contributed by atoms with Crippen LogP contribution in [0.5, 0.6) is 0 Å². The van der Waals surface area contributed by atoms with E-state index in [0.29, 0.717) is 5.02 Å². The third-order valence-corrected chi connectivity index (χ3v) is 5.94. The summed E-state index contributed by atoms with van der Waals surface area (Å²) in [5, 5.41) is 13.2. The Morgan fingerprint density at radius 1 is 1.04 bits per heavy atom. The standard InChI is InChI=1S/C18H19BClO2S/c1-17(2,21)18(3,4)22-19-16-12(20)9-10-14-15(16)11-7-5-6-8-13(11)23-14/h5-10,21H,1-4H3. The predicted molar refractivity (Wildman–Crippen MR) is 101 cm³/mol. The van der Waals surface area contributed by atoms with Gasteiger partial charge in [-0.15, -0.1) is 11.3 Å². The van der Waals surface area contributed by atoms with E-state index in [1.807, 2.05) is 38.1 Å². The van der Waals surface area contributed by atoms with Gasteiger partial charge in [-0.05, 0) is 62.1 Å². The van der Waals surface area contributed by atoms with Gasteiger partial charge < -0.3 is 9.76 Å². The number of halogens is 1. The van der Waals surface area contributed by atoms with Crippen LogP contribution < -0.4 is 5.46 Å². The van der Waals surface area contributed by atoms with Crippen LogP contribution in [0.15, 0.2) is 36.4 Å². The number of thiophene rings is 1. The van der Waals surface area contributed by atoms with Gasteiger partial charge in [0.25, 0.3) is 0 Å². The molecule has 23 heavy (non-hydrogen) atoms. The molecule has 1 N–H and O–H groups in total. The molecule has 2 nitrogen and oxygen atoms in total. The molecule has 1 aromatic heterocycles. The van der Waals surface area contributed by atoms with Crippen LogP contribution in [0.1, 0.15) is 27.7 Å². The molecule has 0 amide bonds. The third-order valence-electron chi connectivity index (χ3n) is 4.48. The normalized spacial score (nSPS) is 13.0. The minimum atomic E-state index is -0.972. The molecule has 0 atom stereocenters. The summed E-state index contributed by atoms with van der Waals surface area (Å²) in [5.41, 5.74) is -0.843. The fourth-order valence-electron chi connectivity index (χ4n) is 2.28. The van der Waals surface area contributed by atoms with Crippen molar-refractivity contribution >= 4 is 56.1 Å². The minimum Gasteiger partial charge on any atom is -0.427 e. The summed E-state index contributed by atoms with van der Waals surface area (Å²) in [6.45, 7) is 7.21. The zero-order valence-corrected chi connectivity index (χ0v) is 15.3. The molecule has 0 aliphatic rings. The maximum Gasteiger partial charge on any atom is 0.333 e. The second-order valence-electron chi connectivity index (χ2n) is 6.74. The summed E-state index contributed by atoms with van der Waals surface area (Å²) in [7, 11) is 1.68. The van der Waals surface area contributed by atoms with Crippen molar-refractivity contribution in [3.8, 4) is 0 Å². The molecule has 0 spiro atoms. The number of hydrogen-bond donors (Lipinski definition) is 1. The molecule has 0 fully saturated rings. The first-order valence-electron chi connectivity index (χ1n) is 7.54. The van der Waals surface area contributed by atoms with E-state index < -0.39 is 11.2 Å². The van der Waals surface area contributed by atoms with Gasteiger partial charge in [-0.2, -0.15) is 0 Å². The second-order valence-corrected chi connectivity index (χ2v) is 8.23. The molecular formula is C18H19BClO2S. The molecule has 0 saturated heterocycles. The molecule has 3 aromatic rings. The molecule has 0 aliphatic heterocycles. The lowest BCUT2D eigenvalue weighted by molar-refractivity contribution is -0.0893. The maximum absolute atomic E-state index is 10.3. The zero-order valence-electron chi connectivity index (χ0n) is 13.7. The molecular weight excluding hydrogens is 327 g/mol. The van der Waals surface area contributed by atoms with Crippen molar-refractivity contribution < 1.29 is 9.76 Å². The van der Waals surface area contributed by atoms with Crippen LogP contribution in [0.25, 0.3) is 20.2 Å². The molecule has 2 aromatic carbocycles. The smallest absolute Gasteiger partial charge is 0.333 e. The minimum absolute atomic E-state index is 0.646. The molecule has 119 valence electrons. The quantitative estimate of drug-likeness (QED) is 0.705. The van der Waals surface area contributed by atoms with Gasteiger partial charge in [0.1, 0.15) is 0 Å². The largest absolute Gasteiger partial charge is 0.427 e. The number of aliphatic hydroxyl groups is 1. The lowest BCUT2D eigenvalue weighted by Crippen LogP contribution is -2.49. The van der Waals surface area contributed by atoms with E-state index in [9.17, 15) is 5.11 Å². The van der Waals surface area contributed by atoms with Crippen molar-refractivity contribution in [3.63, 3.8) is 0 Å². The fraction of sp³-hybridized carbons (Fsp3) is 0.333. The number of hydrogen-bond acceptors (Lipinski definition) is 3. The van der Waals surface area contributed by atoms with Crippen molar-refractivity contribution in [1.82, 2.24) is 0 Å². The van der Waals surface area contributed by atoms with Gasteiger partial charge >= 0.3 is 7.48 Å². The van der Waals surface area contributed by atoms with Crippen LogP contribution in [0, 0.1) is 0 Å². The van der Waals surface area contributed by atoms with Gasteiger partial charge in [0.2, 0.25) is 0 Å². The highest BCUT2D eigenvalue weighted by Gasteiger charge is 2.36. The number of fused-ring (bicyclic) bond motifs is 3. The lowest BCUT2D eigenvalue weighted by atomic mass is 9.80. The van der Waals surface area contributed by atoms with Crippen molar-refractivity contribution in [3.05, 3.63) is 41.4 Å². The van der Waals surface area contributed by atoms with Crippen LogP contribution in [0.3, 0.4) is 0 Å². The van der Waals surface area contributed by atoms with E-state index in [1.165, 1.54) is 14.8 Å². The van der Waals surface area contributed by atoms with Crippen molar-refractivity contribution in [2.45, 2.75) is 38.9 Å². The highest BCUT2D eigenvalue weighted by atomic mass is 35.5. The summed E-state index contributed by atoms with van der Waals surface area (Å²) in [4.78, 5) is 0. The summed E-state index contributed by atoms with van der Waals surface area (Å²) < 4.78 is 8.33. The molecule has 1 radical (unpaired) electrons. The Morgan fingerprint density at radius 3 is 2.43 bits per heavy atom. The van der Waals surface area contributed by atoms with Crippen molar-refractivity contribution in [2.75, 3.05) is 0 Å². The third kappa shape index (κ3) is 3.01. The van der Waals surface area contributed by atoms with Crippen LogP contribution >= 0.6 is 22.9 Å². The van der Waals surface area contributed by atoms with E-state index >= 15 is 0 Å². The highest BCUT2D eigenvalue weighted by molar-refractivity contribution is 7.26. The Hall–Kier alpha value is -1.07. The second kappa shape index (κ2) is 5.78. The maximum atomic E-state index is 10.3. The summed E-state index contributed by atoms with van der Waals surface area (Å²) in [5.74, 6) is 0. The SMILES string of the molecule is CC(C)(O)C(C)(C)O[B]c1c(Cl)ccc2sc3ccccc3c12. The Balaban J connectivity index is 2.08. The van der Waals surface area contributed by atoms with Gasteiger partial charge in [0, 0.05) is 14.4 Å². The Morgan fingerprint density at radius 2 is 1.74 bits per heavy atom. The molecule has 3 rings (SSSR count). The Bertz CT molecular complexity index is 864. The first-order valence-corrected chi connectivity index (χ1v) is 8.73. The Labute approximate surface area is 146 Å². The van der Waals surface area contributed by atoms with Gasteiger partial charge in [-0.25, -0.2) is 0 Å². The first-order chi connectivity index (χ1) is 10.7. The average Bonchev–Trinajstić information content (AvgIpc) is 2.84. The van der Waals surface area contributed by atoms with Crippen molar-refractivity contribution in [2.24, 2.45) is 0 Å². The summed E-state index contributed by atoms with van der Waals surface area (Å²) >= 11 is 8.17. The van der Waals surface area contributed by atoms with Gasteiger partial charge in [0.05, 0.1) is 11.2 Å². The zero-order chi connectivity index (χ0) is 16.8. The number of rotatable bonds is 4. The van der Waals surface area contributed by atoms with Crippen molar-refractivity contribution in [1.29, 1.82) is 0 Å². The monoisotopic (exact) mass is 345 g/mol. The molecule has 0 aliphatic carbocycles. The van der Waals surface area contributed by atoms with Gasteiger partial charge in [-0.3, -0.25) is 0 Å². The lowest BCUT2D eigenvalue weighted by Gasteiger charge is -2.37. The van der Waals surface area contributed by atoms with Crippen LogP contribution in [0.4, 0.5) is 0 Å². The van der Waals surface area contributed by atoms with E-state index in [-0.39, 0.29) is 0 Å². The number of benzene rings is 2. The van der Waals surface area contributed by atoms with Crippen LogP contribution in [-0.4, -0.2) is 23.8 Å². The van der Waals surface area contributed by atoms with Crippen LogP contribution in [-0.2, 0) is 4.65 Å². The summed E-state index contributed by atoms with van der Waals surface area (Å²) in [6.07, 6.45) is 0.